The van der Waals surface area contributed by atoms with Crippen molar-refractivity contribution in [1.29, 1.82) is 0 Å². The summed E-state index contributed by atoms with van der Waals surface area (Å²) in [6.45, 7) is -0.324. The second kappa shape index (κ2) is 8.17. The van der Waals surface area contributed by atoms with Crippen LogP contribution in [0.2, 0.25) is 5.02 Å². The third kappa shape index (κ3) is 4.71. The van der Waals surface area contributed by atoms with Gasteiger partial charge in [0.05, 0.1) is 16.8 Å². The summed E-state index contributed by atoms with van der Waals surface area (Å²) in [6, 6.07) is 11.7. The molecule has 1 aromatic heterocycles. The molecule has 1 heterocycles. The molecular formula is C17H12ClF3N6O. The van der Waals surface area contributed by atoms with Gasteiger partial charge in [0.15, 0.2) is 0 Å². The molecule has 3 aromatic rings. The molecule has 7 nitrogen and oxygen atoms in total. The van der Waals surface area contributed by atoms with Gasteiger partial charge in [0.25, 0.3) is 5.91 Å². The largest absolute Gasteiger partial charge is 0.417 e. The quantitative estimate of drug-likeness (QED) is 0.519. The van der Waals surface area contributed by atoms with Crippen LogP contribution in [0.5, 0.6) is 0 Å². The second-order valence-corrected chi connectivity index (χ2v) is 5.91. The average molecular weight is 409 g/mol. The Morgan fingerprint density at radius 1 is 1.18 bits per heavy atom. The van der Waals surface area contributed by atoms with Crippen molar-refractivity contribution in [3.63, 3.8) is 0 Å². The van der Waals surface area contributed by atoms with E-state index >= 15 is 0 Å². The SMILES string of the molecule is O=C(Cn1nnc(-c2ccccc2Cl)n1)N/N=C\c1ccccc1C(F)(F)F. The number of amides is 1. The summed E-state index contributed by atoms with van der Waals surface area (Å²) >= 11 is 6.05. The smallest absolute Gasteiger partial charge is 0.271 e. The maximum atomic E-state index is 12.9. The van der Waals surface area contributed by atoms with E-state index in [0.717, 1.165) is 17.1 Å². The lowest BCUT2D eigenvalue weighted by molar-refractivity contribution is -0.137. The number of halogens is 4. The molecule has 11 heteroatoms. The summed E-state index contributed by atoms with van der Waals surface area (Å²) in [4.78, 5) is 12.9. The van der Waals surface area contributed by atoms with E-state index in [1.165, 1.54) is 18.2 Å². The summed E-state index contributed by atoms with van der Waals surface area (Å²) in [5, 5.41) is 15.6. The molecule has 1 N–H and O–H groups in total. The van der Waals surface area contributed by atoms with E-state index in [1.807, 2.05) is 0 Å². The van der Waals surface area contributed by atoms with E-state index in [1.54, 1.807) is 24.3 Å². The van der Waals surface area contributed by atoms with E-state index in [-0.39, 0.29) is 17.9 Å². The molecule has 1 amide bonds. The Morgan fingerprint density at radius 2 is 1.89 bits per heavy atom. The number of benzene rings is 2. The number of nitrogens with one attached hydrogen (secondary N) is 1. The lowest BCUT2D eigenvalue weighted by Gasteiger charge is -2.09. The number of hydrazone groups is 1. The van der Waals surface area contributed by atoms with Gasteiger partial charge in [0.2, 0.25) is 5.82 Å². The third-order valence-corrected chi connectivity index (χ3v) is 3.84. The summed E-state index contributed by atoms with van der Waals surface area (Å²) in [6.07, 6.45) is -3.60. The molecule has 144 valence electrons. The first-order valence-electron chi connectivity index (χ1n) is 7.85. The van der Waals surface area contributed by atoms with E-state index in [0.29, 0.717) is 10.6 Å². The van der Waals surface area contributed by atoms with Crippen molar-refractivity contribution in [3.8, 4) is 11.4 Å². The van der Waals surface area contributed by atoms with E-state index < -0.39 is 17.6 Å². The number of tetrazole rings is 1. The zero-order chi connectivity index (χ0) is 20.1. The maximum absolute atomic E-state index is 12.9. The van der Waals surface area contributed by atoms with Gasteiger partial charge in [-0.15, -0.1) is 10.2 Å². The Hall–Kier alpha value is -3.27. The van der Waals surface area contributed by atoms with Crippen LogP contribution in [0.15, 0.2) is 53.6 Å². The lowest BCUT2D eigenvalue weighted by Crippen LogP contribution is -2.24. The highest BCUT2D eigenvalue weighted by Crippen LogP contribution is 2.31. The highest BCUT2D eigenvalue weighted by atomic mass is 35.5. The van der Waals surface area contributed by atoms with Crippen molar-refractivity contribution >= 4 is 23.7 Å². The van der Waals surface area contributed by atoms with Crippen LogP contribution in [0.1, 0.15) is 11.1 Å². The predicted molar refractivity (Wildman–Crippen MR) is 95.4 cm³/mol. The second-order valence-electron chi connectivity index (χ2n) is 5.50. The van der Waals surface area contributed by atoms with Crippen LogP contribution < -0.4 is 5.43 Å². The van der Waals surface area contributed by atoms with Crippen LogP contribution in [0.4, 0.5) is 13.2 Å². The topological polar surface area (TPSA) is 85.1 Å². The molecule has 28 heavy (non-hydrogen) atoms. The predicted octanol–water partition coefficient (Wildman–Crippen LogP) is 3.16. The summed E-state index contributed by atoms with van der Waals surface area (Å²) < 4.78 is 38.7. The van der Waals surface area contributed by atoms with Crippen molar-refractivity contribution in [2.24, 2.45) is 5.10 Å². The molecule has 0 radical (unpaired) electrons. The standard InChI is InChI=1S/C17H12ClF3N6O/c18-14-8-4-2-6-12(14)16-24-26-27(25-16)10-15(28)23-22-9-11-5-1-3-7-13(11)17(19,20)21/h1-9H,10H2,(H,23,28)/b22-9-. The maximum Gasteiger partial charge on any atom is 0.417 e. The van der Waals surface area contributed by atoms with Crippen LogP contribution >= 0.6 is 11.6 Å². The zero-order valence-electron chi connectivity index (χ0n) is 14.1. The Kier molecular flexibility index (Phi) is 5.69. The van der Waals surface area contributed by atoms with Crippen LogP contribution in [-0.4, -0.2) is 32.3 Å². The van der Waals surface area contributed by atoms with Gasteiger partial charge in [-0.3, -0.25) is 4.79 Å². The lowest BCUT2D eigenvalue weighted by atomic mass is 10.1. The molecule has 0 aliphatic heterocycles. The number of hydrogen-bond donors (Lipinski definition) is 1. The minimum atomic E-state index is -4.52. The van der Waals surface area contributed by atoms with Crippen molar-refractivity contribution < 1.29 is 18.0 Å². The van der Waals surface area contributed by atoms with Crippen LogP contribution in [-0.2, 0) is 17.5 Å². The number of rotatable bonds is 5. The fraction of sp³-hybridized carbons (Fsp3) is 0.118. The van der Waals surface area contributed by atoms with Crippen molar-refractivity contribution in [1.82, 2.24) is 25.6 Å². The molecule has 0 aliphatic carbocycles. The summed E-state index contributed by atoms with van der Waals surface area (Å²) in [5.41, 5.74) is 1.66. The third-order valence-electron chi connectivity index (χ3n) is 3.51. The Bertz CT molecular complexity index is 1020. The molecule has 0 atom stereocenters. The van der Waals surface area contributed by atoms with Crippen LogP contribution in [0, 0.1) is 0 Å². The number of alkyl halides is 3. The van der Waals surface area contributed by atoms with Gasteiger partial charge < -0.3 is 0 Å². The zero-order valence-corrected chi connectivity index (χ0v) is 14.8. The molecule has 3 rings (SSSR count). The Balaban J connectivity index is 1.63. The van der Waals surface area contributed by atoms with E-state index in [4.69, 9.17) is 11.6 Å². The summed E-state index contributed by atoms with van der Waals surface area (Å²) in [5.74, 6) is -0.398. The molecule has 0 aliphatic rings. The Labute approximate surface area is 161 Å². The fourth-order valence-electron chi connectivity index (χ4n) is 2.27. The molecule has 0 saturated carbocycles. The first kappa shape index (κ1) is 19.5. The highest BCUT2D eigenvalue weighted by molar-refractivity contribution is 6.33. The minimum Gasteiger partial charge on any atom is -0.271 e. The fourth-order valence-corrected chi connectivity index (χ4v) is 2.49. The molecule has 0 unspecified atom stereocenters. The van der Waals surface area contributed by atoms with E-state index in [9.17, 15) is 18.0 Å². The molecule has 0 fully saturated rings. The first-order chi connectivity index (χ1) is 13.3. The van der Waals surface area contributed by atoms with Crippen molar-refractivity contribution in [2.45, 2.75) is 12.7 Å². The molecule has 2 aromatic carbocycles. The summed E-state index contributed by atoms with van der Waals surface area (Å²) in [7, 11) is 0. The Morgan fingerprint density at radius 3 is 2.64 bits per heavy atom. The normalized spacial score (nSPS) is 11.7. The van der Waals surface area contributed by atoms with Gasteiger partial charge in [-0.25, -0.2) is 5.43 Å². The molecule has 0 bridgehead atoms. The molecule has 0 spiro atoms. The van der Waals surface area contributed by atoms with Gasteiger partial charge >= 0.3 is 6.18 Å². The average Bonchev–Trinajstić information content (AvgIpc) is 3.10. The number of nitrogens with zero attached hydrogens (tertiary/aromatic N) is 5. The van der Waals surface area contributed by atoms with Gasteiger partial charge in [-0.2, -0.15) is 23.1 Å². The number of hydrogen-bond acceptors (Lipinski definition) is 5. The monoisotopic (exact) mass is 408 g/mol. The number of carbonyl (C=O) groups is 1. The van der Waals surface area contributed by atoms with Crippen molar-refractivity contribution in [3.05, 3.63) is 64.7 Å². The number of carbonyl (C=O) groups excluding carboxylic acids is 1. The first-order valence-corrected chi connectivity index (χ1v) is 8.23. The van der Waals surface area contributed by atoms with Crippen LogP contribution in [0.25, 0.3) is 11.4 Å². The van der Waals surface area contributed by atoms with Gasteiger partial charge in [-0.05, 0) is 23.4 Å². The highest BCUT2D eigenvalue weighted by Gasteiger charge is 2.32. The van der Waals surface area contributed by atoms with Gasteiger partial charge in [0.1, 0.15) is 6.54 Å². The minimum absolute atomic E-state index is 0.171. The molecular weight excluding hydrogens is 397 g/mol. The molecule has 0 saturated heterocycles. The van der Waals surface area contributed by atoms with Gasteiger partial charge in [-0.1, -0.05) is 41.9 Å². The van der Waals surface area contributed by atoms with Crippen LogP contribution in [0.3, 0.4) is 0 Å². The number of aromatic nitrogens is 4. The van der Waals surface area contributed by atoms with E-state index in [2.05, 4.69) is 25.9 Å². The van der Waals surface area contributed by atoms with Crippen molar-refractivity contribution in [2.75, 3.05) is 0 Å². The van der Waals surface area contributed by atoms with Gasteiger partial charge in [0, 0.05) is 11.1 Å².